The maximum atomic E-state index is 10.8. The topological polar surface area (TPSA) is 106 Å². The Morgan fingerprint density at radius 3 is 2.50 bits per heavy atom. The first-order valence-corrected chi connectivity index (χ1v) is 5.26. The highest BCUT2D eigenvalue weighted by atomic mass is 32.2. The predicted molar refractivity (Wildman–Crippen MR) is 45.6 cm³/mol. The molecule has 14 heavy (non-hydrogen) atoms. The van der Waals surface area contributed by atoms with Crippen LogP contribution in [0.15, 0.2) is 5.16 Å². The van der Waals surface area contributed by atoms with Gasteiger partial charge in [-0.25, -0.2) is 4.79 Å². The summed E-state index contributed by atoms with van der Waals surface area (Å²) in [5.41, 5.74) is -0.753. The van der Waals surface area contributed by atoms with Crippen LogP contribution in [0.2, 0.25) is 0 Å². The first-order chi connectivity index (χ1) is 6.40. The van der Waals surface area contributed by atoms with E-state index in [1.54, 1.807) is 0 Å². The third-order valence-corrected chi connectivity index (χ3v) is 1.18. The second kappa shape index (κ2) is 5.18. The van der Waals surface area contributed by atoms with Gasteiger partial charge >= 0.3 is 16.1 Å². The van der Waals surface area contributed by atoms with Crippen molar-refractivity contribution in [3.05, 3.63) is 0 Å². The molecule has 0 aliphatic heterocycles. The monoisotopic (exact) mass is 220 g/mol. The Hall–Kier alpha value is -1.62. The van der Waals surface area contributed by atoms with Gasteiger partial charge in [0.15, 0.2) is 0 Å². The van der Waals surface area contributed by atoms with Crippen molar-refractivity contribution in [2.45, 2.75) is 6.92 Å². The normalized spacial score (nSPS) is 11.6. The van der Waals surface area contributed by atoms with Crippen molar-refractivity contribution >= 4 is 21.8 Å². The van der Waals surface area contributed by atoms with Crippen LogP contribution < -0.4 is 0 Å². The lowest BCUT2D eigenvalue weighted by atomic mass is 10.4. The fraction of sp³-hybridized carbons (Fsp3) is 0.500. The number of rotatable bonds is 4. The third-order valence-electron chi connectivity index (χ3n) is 0.839. The van der Waals surface area contributed by atoms with Gasteiger partial charge in [0.2, 0.25) is 0 Å². The zero-order valence-corrected chi connectivity index (χ0v) is 8.37. The van der Waals surface area contributed by atoms with Crippen LogP contribution in [-0.2, 0) is 23.9 Å². The van der Waals surface area contributed by atoms with Crippen LogP contribution in [0.5, 0.6) is 0 Å². The number of carbonyl (C=O) groups excluding carboxylic acids is 1. The van der Waals surface area contributed by atoms with Crippen LogP contribution in [0, 0.1) is 11.3 Å². The molecule has 0 unspecified atom stereocenters. The lowest BCUT2D eigenvalue weighted by molar-refractivity contribution is -0.135. The molecule has 0 saturated heterocycles. The number of nitriles is 1. The van der Waals surface area contributed by atoms with E-state index in [4.69, 9.17) is 5.26 Å². The zero-order valence-electron chi connectivity index (χ0n) is 7.55. The summed E-state index contributed by atoms with van der Waals surface area (Å²) >= 11 is 0. The maximum Gasteiger partial charge on any atom is 0.371 e. The van der Waals surface area contributed by atoms with Gasteiger partial charge < -0.3 is 4.74 Å². The highest BCUT2D eigenvalue weighted by molar-refractivity contribution is 7.85. The molecule has 0 aromatic rings. The standard InChI is InChI=1S/C6H8N2O5S/c1-3-12-6(9)5(4-7)8-13-14(2,10)11/h3H2,1-2H3. The van der Waals surface area contributed by atoms with Crippen LogP contribution in [0.3, 0.4) is 0 Å². The molecule has 0 atom stereocenters. The van der Waals surface area contributed by atoms with Gasteiger partial charge in [-0.15, -0.1) is 0 Å². The Labute approximate surface area is 81.0 Å². The fourth-order valence-electron chi connectivity index (χ4n) is 0.408. The lowest BCUT2D eigenvalue weighted by Gasteiger charge is -1.97. The molecule has 0 fully saturated rings. The van der Waals surface area contributed by atoms with E-state index < -0.39 is 21.8 Å². The van der Waals surface area contributed by atoms with E-state index in [0.717, 1.165) is 6.26 Å². The molecule has 0 radical (unpaired) electrons. The summed E-state index contributed by atoms with van der Waals surface area (Å²) in [5.74, 6) is -1.03. The van der Waals surface area contributed by atoms with E-state index in [-0.39, 0.29) is 6.61 Å². The van der Waals surface area contributed by atoms with Gasteiger partial charge in [-0.3, -0.25) is 4.28 Å². The Kier molecular flexibility index (Phi) is 4.58. The number of hydrogen-bond donors (Lipinski definition) is 0. The summed E-state index contributed by atoms with van der Waals surface area (Å²) in [6.45, 7) is 1.59. The van der Waals surface area contributed by atoms with E-state index in [1.165, 1.54) is 13.0 Å². The fourth-order valence-corrected chi connectivity index (χ4v) is 0.618. The Morgan fingerprint density at radius 2 is 2.14 bits per heavy atom. The number of ether oxygens (including phenoxy) is 1. The summed E-state index contributed by atoms with van der Waals surface area (Å²) < 4.78 is 29.2. The van der Waals surface area contributed by atoms with Gasteiger partial charge in [0.25, 0.3) is 5.71 Å². The Bertz CT molecular complexity index is 378. The Morgan fingerprint density at radius 1 is 1.57 bits per heavy atom. The second-order valence-corrected chi connectivity index (χ2v) is 3.61. The lowest BCUT2D eigenvalue weighted by Crippen LogP contribution is -2.16. The van der Waals surface area contributed by atoms with Crippen molar-refractivity contribution in [2.24, 2.45) is 5.16 Å². The van der Waals surface area contributed by atoms with Crippen LogP contribution >= 0.6 is 0 Å². The molecule has 0 heterocycles. The molecule has 8 heteroatoms. The highest BCUT2D eigenvalue weighted by Crippen LogP contribution is 1.91. The van der Waals surface area contributed by atoms with Gasteiger partial charge in [0.1, 0.15) is 6.07 Å². The molecule has 0 bridgehead atoms. The van der Waals surface area contributed by atoms with Crippen molar-refractivity contribution in [2.75, 3.05) is 12.9 Å². The molecule has 78 valence electrons. The largest absolute Gasteiger partial charge is 0.461 e. The van der Waals surface area contributed by atoms with Crippen LogP contribution in [0.4, 0.5) is 0 Å². The van der Waals surface area contributed by atoms with Gasteiger partial charge in [-0.1, -0.05) is 0 Å². The second-order valence-electron chi connectivity index (χ2n) is 2.05. The van der Waals surface area contributed by atoms with Crippen molar-refractivity contribution in [3.63, 3.8) is 0 Å². The zero-order chi connectivity index (χ0) is 11.2. The van der Waals surface area contributed by atoms with Crippen LogP contribution in [0.25, 0.3) is 0 Å². The highest BCUT2D eigenvalue weighted by Gasteiger charge is 2.14. The van der Waals surface area contributed by atoms with Gasteiger partial charge in [0, 0.05) is 0 Å². The number of carbonyl (C=O) groups is 1. The predicted octanol–water partition coefficient (Wildman–Crippen LogP) is -0.595. The van der Waals surface area contributed by atoms with Crippen molar-refractivity contribution in [1.29, 1.82) is 5.26 Å². The quantitative estimate of drug-likeness (QED) is 0.356. The van der Waals surface area contributed by atoms with E-state index in [9.17, 15) is 13.2 Å². The average Bonchev–Trinajstić information content (AvgIpc) is 2.03. The van der Waals surface area contributed by atoms with E-state index in [2.05, 4.69) is 14.2 Å². The molecule has 0 aromatic heterocycles. The molecule has 0 rings (SSSR count). The number of nitrogens with zero attached hydrogens (tertiary/aromatic N) is 2. The van der Waals surface area contributed by atoms with E-state index in [1.807, 2.05) is 0 Å². The van der Waals surface area contributed by atoms with Gasteiger partial charge in [-0.05, 0) is 12.1 Å². The van der Waals surface area contributed by atoms with Crippen LogP contribution in [0.1, 0.15) is 6.92 Å². The van der Waals surface area contributed by atoms with E-state index >= 15 is 0 Å². The molecule has 0 saturated carbocycles. The summed E-state index contributed by atoms with van der Waals surface area (Å²) in [4.78, 5) is 10.8. The molecule has 0 aliphatic carbocycles. The van der Waals surface area contributed by atoms with Gasteiger partial charge in [-0.2, -0.15) is 13.7 Å². The number of oxime groups is 1. The average molecular weight is 220 g/mol. The first kappa shape index (κ1) is 12.4. The number of esters is 1. The molecule has 7 nitrogen and oxygen atoms in total. The molecule has 0 amide bonds. The first-order valence-electron chi connectivity index (χ1n) is 3.44. The van der Waals surface area contributed by atoms with Crippen molar-refractivity contribution in [1.82, 2.24) is 0 Å². The van der Waals surface area contributed by atoms with Crippen molar-refractivity contribution < 1.29 is 22.2 Å². The minimum absolute atomic E-state index is 0.0540. The minimum Gasteiger partial charge on any atom is -0.461 e. The van der Waals surface area contributed by atoms with Crippen LogP contribution in [-0.4, -0.2) is 33.0 Å². The minimum atomic E-state index is -3.82. The smallest absolute Gasteiger partial charge is 0.371 e. The Balaban J connectivity index is 4.59. The van der Waals surface area contributed by atoms with Crippen molar-refractivity contribution in [3.8, 4) is 6.07 Å². The maximum absolute atomic E-state index is 10.8. The summed E-state index contributed by atoms with van der Waals surface area (Å²) in [6.07, 6.45) is 0.733. The SMILES string of the molecule is CCOC(=O)C(C#N)=NOS(C)(=O)=O. The summed E-state index contributed by atoms with van der Waals surface area (Å²) in [7, 11) is -3.82. The molecule has 0 aromatic carbocycles. The van der Waals surface area contributed by atoms with E-state index in [0.29, 0.717) is 0 Å². The summed E-state index contributed by atoms with van der Waals surface area (Å²) in [5, 5.41) is 11.2. The molecular formula is C6H8N2O5S. The molecule has 0 aliphatic rings. The number of hydrogen-bond acceptors (Lipinski definition) is 7. The molecule has 0 N–H and O–H groups in total. The summed E-state index contributed by atoms with van der Waals surface area (Å²) in [6, 6.07) is 1.35. The van der Waals surface area contributed by atoms with Gasteiger partial charge in [0.05, 0.1) is 12.9 Å². The molecule has 0 spiro atoms. The molecular weight excluding hydrogens is 212 g/mol. The third kappa shape index (κ3) is 5.10.